The first-order valence-electron chi connectivity index (χ1n) is 9.30. The molecule has 0 radical (unpaired) electrons. The molecular formula is C21H20N4O3S. The number of terminal acetylenes is 1. The van der Waals surface area contributed by atoms with Crippen molar-refractivity contribution in [3.8, 4) is 12.3 Å². The molecule has 0 spiro atoms. The van der Waals surface area contributed by atoms with Crippen molar-refractivity contribution in [2.45, 2.75) is 30.1 Å². The molecule has 0 bridgehead atoms. The first-order chi connectivity index (χ1) is 14.0. The van der Waals surface area contributed by atoms with Crippen molar-refractivity contribution >= 4 is 32.7 Å². The Kier molecular flexibility index (Phi) is 5.09. The minimum Gasteiger partial charge on any atom is -0.342 e. The van der Waals surface area contributed by atoms with Gasteiger partial charge in [-0.1, -0.05) is 12.3 Å². The highest BCUT2D eigenvalue weighted by molar-refractivity contribution is 7.89. The molecule has 1 amide bonds. The van der Waals surface area contributed by atoms with Gasteiger partial charge in [0.15, 0.2) is 0 Å². The molecule has 1 aromatic heterocycles. The fourth-order valence-electron chi connectivity index (χ4n) is 3.19. The summed E-state index contributed by atoms with van der Waals surface area (Å²) in [6, 6.07) is 11.2. The van der Waals surface area contributed by atoms with E-state index in [1.807, 2.05) is 12.1 Å². The van der Waals surface area contributed by atoms with Crippen molar-refractivity contribution in [3.05, 3.63) is 53.9 Å². The van der Waals surface area contributed by atoms with Crippen LogP contribution in [0, 0.1) is 12.3 Å². The van der Waals surface area contributed by atoms with Gasteiger partial charge in [-0.05, 0) is 55.3 Å². The molecule has 3 N–H and O–H groups in total. The maximum absolute atomic E-state index is 12.5. The third kappa shape index (κ3) is 4.01. The first kappa shape index (κ1) is 19.2. The molecule has 0 saturated heterocycles. The fraction of sp³-hybridized carbons (Fsp3) is 0.238. The number of anilines is 1. The second-order valence-electron chi connectivity index (χ2n) is 6.99. The van der Waals surface area contributed by atoms with Crippen LogP contribution in [0.15, 0.2) is 47.4 Å². The fourth-order valence-corrected chi connectivity index (χ4v) is 4.13. The smallest absolute Gasteiger partial charge is 0.255 e. The van der Waals surface area contributed by atoms with Crippen LogP contribution >= 0.6 is 0 Å². The van der Waals surface area contributed by atoms with Gasteiger partial charge in [-0.15, -0.1) is 6.42 Å². The summed E-state index contributed by atoms with van der Waals surface area (Å²) >= 11 is 0. The quantitative estimate of drug-likeness (QED) is 0.546. The highest BCUT2D eigenvalue weighted by Gasteiger charge is 2.22. The number of hydrogen-bond acceptors (Lipinski definition) is 4. The summed E-state index contributed by atoms with van der Waals surface area (Å²) in [5, 5.41) is 2.83. The highest BCUT2D eigenvalue weighted by Crippen LogP contribution is 2.35. The number of aromatic amines is 1. The number of benzene rings is 2. The molecule has 1 fully saturated rings. The molecule has 4 rings (SSSR count). The average molecular weight is 408 g/mol. The number of hydrogen-bond donors (Lipinski definition) is 3. The Balaban J connectivity index is 1.48. The topological polar surface area (TPSA) is 104 Å². The molecule has 1 aliphatic rings. The van der Waals surface area contributed by atoms with E-state index in [9.17, 15) is 13.2 Å². The molecule has 29 heavy (non-hydrogen) atoms. The van der Waals surface area contributed by atoms with Crippen LogP contribution in [0.5, 0.6) is 0 Å². The van der Waals surface area contributed by atoms with Gasteiger partial charge in [0.05, 0.1) is 22.5 Å². The lowest BCUT2D eigenvalue weighted by Gasteiger charge is -2.22. The average Bonchev–Trinajstić information content (AvgIpc) is 3.07. The van der Waals surface area contributed by atoms with E-state index in [-0.39, 0.29) is 17.3 Å². The van der Waals surface area contributed by atoms with Crippen LogP contribution in [-0.2, 0) is 10.0 Å². The molecule has 148 valence electrons. The Morgan fingerprint density at radius 2 is 1.97 bits per heavy atom. The highest BCUT2D eigenvalue weighted by atomic mass is 32.2. The van der Waals surface area contributed by atoms with E-state index in [4.69, 9.17) is 6.42 Å². The number of nitrogens with one attached hydrogen (secondary N) is 3. The molecule has 8 heteroatoms. The molecule has 1 heterocycles. The van der Waals surface area contributed by atoms with E-state index in [0.29, 0.717) is 17.2 Å². The predicted octanol–water partition coefficient (Wildman–Crippen LogP) is 2.99. The van der Waals surface area contributed by atoms with Crippen molar-refractivity contribution < 1.29 is 13.2 Å². The molecular weight excluding hydrogens is 388 g/mol. The molecule has 0 aliphatic heterocycles. The molecule has 2 aromatic carbocycles. The van der Waals surface area contributed by atoms with Gasteiger partial charge in [0.25, 0.3) is 5.91 Å². The third-order valence-corrected chi connectivity index (χ3v) is 6.46. The summed E-state index contributed by atoms with van der Waals surface area (Å²) in [4.78, 5) is 20.5. The summed E-state index contributed by atoms with van der Waals surface area (Å²) in [6.07, 6.45) is 8.63. The van der Waals surface area contributed by atoms with E-state index in [1.54, 1.807) is 6.07 Å². The van der Waals surface area contributed by atoms with E-state index in [1.165, 1.54) is 30.7 Å². The number of sulfonamides is 1. The number of H-pyrrole nitrogens is 1. The molecule has 0 atom stereocenters. The molecule has 1 aliphatic carbocycles. The molecule has 7 nitrogen and oxygen atoms in total. The van der Waals surface area contributed by atoms with Crippen LogP contribution in [0.4, 0.5) is 5.69 Å². The second-order valence-corrected chi connectivity index (χ2v) is 8.76. The monoisotopic (exact) mass is 408 g/mol. The minimum absolute atomic E-state index is 0.0479. The van der Waals surface area contributed by atoms with Crippen molar-refractivity contribution in [2.24, 2.45) is 0 Å². The number of imidazole rings is 1. The van der Waals surface area contributed by atoms with Crippen LogP contribution in [0.25, 0.3) is 11.0 Å². The van der Waals surface area contributed by atoms with Crippen LogP contribution in [0.2, 0.25) is 0 Å². The summed E-state index contributed by atoms with van der Waals surface area (Å²) in [6.45, 7) is -0.0941. The van der Waals surface area contributed by atoms with Gasteiger partial charge in [0.2, 0.25) is 10.0 Å². The zero-order chi connectivity index (χ0) is 20.4. The largest absolute Gasteiger partial charge is 0.342 e. The van der Waals surface area contributed by atoms with Gasteiger partial charge in [-0.3, -0.25) is 4.79 Å². The third-order valence-electron chi connectivity index (χ3n) is 5.04. The van der Waals surface area contributed by atoms with E-state index < -0.39 is 10.0 Å². The number of aromatic nitrogens is 2. The maximum atomic E-state index is 12.5. The minimum atomic E-state index is -3.69. The molecule has 1 saturated carbocycles. The lowest BCUT2D eigenvalue weighted by molar-refractivity contribution is 0.102. The Hall–Kier alpha value is -3.15. The number of carbonyl (C=O) groups excluding carboxylic acids is 1. The Labute approximate surface area is 169 Å². The number of amides is 1. The van der Waals surface area contributed by atoms with Crippen molar-refractivity contribution in [1.82, 2.24) is 14.7 Å². The summed E-state index contributed by atoms with van der Waals surface area (Å²) < 4.78 is 26.4. The van der Waals surface area contributed by atoms with Crippen molar-refractivity contribution in [3.63, 3.8) is 0 Å². The van der Waals surface area contributed by atoms with E-state index >= 15 is 0 Å². The Morgan fingerprint density at radius 1 is 1.21 bits per heavy atom. The lowest BCUT2D eigenvalue weighted by Crippen LogP contribution is -2.24. The summed E-state index contributed by atoms with van der Waals surface area (Å²) in [5.74, 6) is 3.40. The Morgan fingerprint density at radius 3 is 2.62 bits per heavy atom. The molecule has 0 unspecified atom stereocenters. The van der Waals surface area contributed by atoms with Crippen molar-refractivity contribution in [1.29, 1.82) is 0 Å². The predicted molar refractivity (Wildman–Crippen MR) is 111 cm³/mol. The summed E-state index contributed by atoms with van der Waals surface area (Å²) in [7, 11) is -3.69. The van der Waals surface area contributed by atoms with Gasteiger partial charge in [0, 0.05) is 17.2 Å². The standard InChI is InChI=1S/C21H20N4O3S/c1-2-12-22-29(27,28)17-9-6-15(7-10-17)21(26)23-16-8-11-18-19(13-16)25-20(24-18)14-4-3-5-14/h1,6-11,13-14,22H,3-5,12H2,(H,23,26)(H,24,25). The SMILES string of the molecule is C#CCNS(=O)(=O)c1ccc(C(=O)Nc2ccc3nc(C4CCC4)[nH]c3c2)cc1. The normalized spacial score (nSPS) is 14.3. The van der Waals surface area contributed by atoms with Crippen molar-refractivity contribution in [2.75, 3.05) is 11.9 Å². The van der Waals surface area contributed by atoms with Gasteiger partial charge < -0.3 is 10.3 Å². The lowest BCUT2D eigenvalue weighted by atomic mass is 9.85. The summed E-state index contributed by atoms with van der Waals surface area (Å²) in [5.41, 5.74) is 2.74. The van der Waals surface area contributed by atoms with Gasteiger partial charge in [0.1, 0.15) is 5.82 Å². The zero-order valence-corrected chi connectivity index (χ0v) is 16.4. The zero-order valence-electron chi connectivity index (χ0n) is 15.6. The van der Waals surface area contributed by atoms with Crippen LogP contribution in [0.1, 0.15) is 41.4 Å². The van der Waals surface area contributed by atoms with Gasteiger partial charge in [-0.25, -0.2) is 13.4 Å². The first-order valence-corrected chi connectivity index (χ1v) is 10.8. The number of rotatable bonds is 6. The van der Waals surface area contributed by atoms with Crippen LogP contribution < -0.4 is 10.0 Å². The van der Waals surface area contributed by atoms with Gasteiger partial charge in [-0.2, -0.15) is 4.72 Å². The maximum Gasteiger partial charge on any atom is 0.255 e. The number of carbonyl (C=O) groups is 1. The van der Waals surface area contributed by atoms with Crippen LogP contribution in [0.3, 0.4) is 0 Å². The molecule has 3 aromatic rings. The van der Waals surface area contributed by atoms with Gasteiger partial charge >= 0.3 is 0 Å². The number of fused-ring (bicyclic) bond motifs is 1. The van der Waals surface area contributed by atoms with Crippen LogP contribution in [-0.4, -0.2) is 30.8 Å². The van der Waals surface area contributed by atoms with E-state index in [2.05, 4.69) is 25.9 Å². The van der Waals surface area contributed by atoms with E-state index in [0.717, 1.165) is 29.7 Å². The Bertz CT molecular complexity index is 1200. The number of nitrogens with zero attached hydrogens (tertiary/aromatic N) is 1. The second kappa shape index (κ2) is 7.70.